The van der Waals surface area contributed by atoms with Crippen molar-refractivity contribution >= 4 is 50.0 Å². The van der Waals surface area contributed by atoms with E-state index in [1.165, 1.54) is 15.6 Å². The molecule has 126 valence electrons. The molecule has 1 unspecified atom stereocenters. The Kier molecular flexibility index (Phi) is 5.06. The lowest BCUT2D eigenvalue weighted by Crippen LogP contribution is -2.20. The zero-order chi connectivity index (χ0) is 16.0. The van der Waals surface area contributed by atoms with Crippen molar-refractivity contribution in [3.8, 4) is 11.5 Å². The molecule has 0 saturated carbocycles. The smallest absolute Gasteiger partial charge is 0.176 e. The fraction of sp³-hybridized carbons (Fsp3) is 0.222. The summed E-state index contributed by atoms with van der Waals surface area (Å²) in [6, 6.07) is 10.1. The van der Waals surface area contributed by atoms with E-state index in [0.717, 1.165) is 30.6 Å². The van der Waals surface area contributed by atoms with Gasteiger partial charge in [0.1, 0.15) is 0 Å². The van der Waals surface area contributed by atoms with E-state index < -0.39 is 0 Å². The highest BCUT2D eigenvalue weighted by Crippen LogP contribution is 2.44. The van der Waals surface area contributed by atoms with Crippen LogP contribution < -0.4 is 5.32 Å². The Bertz CT molecular complexity index is 896. The van der Waals surface area contributed by atoms with E-state index in [9.17, 15) is 10.2 Å². The standard InChI is InChI=1S/C18H16ClNO2S.BrH/c19-16-11-4-6-20-9-14(13(11)8-15(21)17(16)22)12-3-1-2-10-5-7-23-18(10)12;/h1-3,5,7-8,14,20-22H,4,6,9H2;1H. The van der Waals surface area contributed by atoms with Gasteiger partial charge in [-0.1, -0.05) is 29.8 Å². The van der Waals surface area contributed by atoms with Gasteiger partial charge in [0, 0.05) is 17.2 Å². The SMILES string of the molecule is Br.Oc1cc2c(c(Cl)c1O)CCNCC2c1cccc2ccsc12. The minimum Gasteiger partial charge on any atom is -0.504 e. The highest BCUT2D eigenvalue weighted by Gasteiger charge is 2.26. The van der Waals surface area contributed by atoms with Crippen LogP contribution >= 0.6 is 39.9 Å². The third-order valence-corrected chi connectivity index (χ3v) is 5.90. The molecule has 3 N–H and O–H groups in total. The Labute approximate surface area is 159 Å². The Hall–Kier alpha value is -1.27. The van der Waals surface area contributed by atoms with E-state index in [1.807, 2.05) is 0 Å². The summed E-state index contributed by atoms with van der Waals surface area (Å²) >= 11 is 8.03. The Balaban J connectivity index is 0.00000169. The number of fused-ring (bicyclic) bond motifs is 2. The molecule has 6 heteroatoms. The molecule has 0 spiro atoms. The number of benzene rings is 2. The third-order valence-electron chi connectivity index (χ3n) is 4.52. The van der Waals surface area contributed by atoms with Gasteiger partial charge in [-0.05, 0) is 52.6 Å². The molecule has 1 atom stereocenters. The van der Waals surface area contributed by atoms with Crippen LogP contribution in [0.4, 0.5) is 0 Å². The van der Waals surface area contributed by atoms with Crippen molar-refractivity contribution < 1.29 is 10.2 Å². The number of thiophene rings is 1. The molecule has 3 nitrogen and oxygen atoms in total. The van der Waals surface area contributed by atoms with Crippen molar-refractivity contribution in [3.05, 3.63) is 57.4 Å². The van der Waals surface area contributed by atoms with E-state index in [1.54, 1.807) is 17.4 Å². The lowest BCUT2D eigenvalue weighted by atomic mass is 9.87. The Morgan fingerprint density at radius 3 is 2.83 bits per heavy atom. The van der Waals surface area contributed by atoms with E-state index >= 15 is 0 Å². The fourth-order valence-corrected chi connectivity index (χ4v) is 4.66. The minimum atomic E-state index is -0.222. The second-order valence-electron chi connectivity index (χ2n) is 5.82. The molecule has 0 fully saturated rings. The van der Waals surface area contributed by atoms with Crippen LogP contribution in [0.3, 0.4) is 0 Å². The number of rotatable bonds is 1. The van der Waals surface area contributed by atoms with Crippen LogP contribution in [0.15, 0.2) is 35.7 Å². The maximum absolute atomic E-state index is 10.0. The van der Waals surface area contributed by atoms with Gasteiger partial charge in [-0.2, -0.15) is 0 Å². The first kappa shape index (κ1) is 17.5. The Morgan fingerprint density at radius 2 is 2.00 bits per heavy atom. The predicted octanol–water partition coefficient (Wildman–Crippen LogP) is 4.82. The molecule has 3 aromatic rings. The van der Waals surface area contributed by atoms with Crippen LogP contribution in [0, 0.1) is 0 Å². The number of phenolic OH excluding ortho intramolecular Hbond substituents is 2. The molecule has 0 amide bonds. The molecule has 0 saturated heterocycles. The minimum absolute atomic E-state index is 0. The van der Waals surface area contributed by atoms with Crippen LogP contribution in [-0.4, -0.2) is 23.3 Å². The summed E-state index contributed by atoms with van der Waals surface area (Å²) in [5.41, 5.74) is 3.15. The molecule has 0 radical (unpaired) electrons. The number of hydrogen-bond acceptors (Lipinski definition) is 4. The second-order valence-corrected chi connectivity index (χ2v) is 7.11. The predicted molar refractivity (Wildman–Crippen MR) is 105 cm³/mol. The summed E-state index contributed by atoms with van der Waals surface area (Å²) in [6.07, 6.45) is 0.735. The maximum atomic E-state index is 10.0. The summed E-state index contributed by atoms with van der Waals surface area (Å²) in [7, 11) is 0. The molecule has 24 heavy (non-hydrogen) atoms. The van der Waals surface area contributed by atoms with E-state index in [0.29, 0.717) is 0 Å². The van der Waals surface area contributed by atoms with Gasteiger partial charge < -0.3 is 15.5 Å². The van der Waals surface area contributed by atoms with E-state index in [4.69, 9.17) is 11.6 Å². The first-order valence-electron chi connectivity index (χ1n) is 7.57. The maximum Gasteiger partial charge on any atom is 0.176 e. The summed E-state index contributed by atoms with van der Waals surface area (Å²) in [5.74, 6) is -0.279. The quantitative estimate of drug-likeness (QED) is 0.489. The zero-order valence-electron chi connectivity index (χ0n) is 12.8. The molecule has 4 rings (SSSR count). The summed E-state index contributed by atoms with van der Waals surface area (Å²) in [4.78, 5) is 0. The van der Waals surface area contributed by atoms with Gasteiger partial charge in [0.15, 0.2) is 11.5 Å². The highest BCUT2D eigenvalue weighted by atomic mass is 79.9. The molecule has 2 aromatic carbocycles. The largest absolute Gasteiger partial charge is 0.504 e. The zero-order valence-corrected chi connectivity index (χ0v) is 16.0. The summed E-state index contributed by atoms with van der Waals surface area (Å²) in [5, 5.41) is 27.0. The third kappa shape index (κ3) is 2.80. The molecule has 0 bridgehead atoms. The first-order chi connectivity index (χ1) is 11.2. The molecular weight excluding hydrogens is 410 g/mol. The van der Waals surface area contributed by atoms with Crippen LogP contribution in [-0.2, 0) is 6.42 Å². The average Bonchev–Trinajstić information content (AvgIpc) is 2.94. The lowest BCUT2D eigenvalue weighted by Gasteiger charge is -2.20. The van der Waals surface area contributed by atoms with Gasteiger partial charge in [0.25, 0.3) is 0 Å². The van der Waals surface area contributed by atoms with Crippen molar-refractivity contribution in [1.29, 1.82) is 0 Å². The number of aromatic hydroxyl groups is 2. The summed E-state index contributed by atoms with van der Waals surface area (Å²) in [6.45, 7) is 1.58. The van der Waals surface area contributed by atoms with Crippen molar-refractivity contribution in [3.63, 3.8) is 0 Å². The van der Waals surface area contributed by atoms with Gasteiger partial charge in [-0.3, -0.25) is 0 Å². The van der Waals surface area contributed by atoms with Crippen molar-refractivity contribution in [2.45, 2.75) is 12.3 Å². The van der Waals surface area contributed by atoms with Gasteiger partial charge in [-0.25, -0.2) is 0 Å². The molecule has 0 aliphatic carbocycles. The van der Waals surface area contributed by atoms with Gasteiger partial charge >= 0.3 is 0 Å². The van der Waals surface area contributed by atoms with Crippen LogP contribution in [0.5, 0.6) is 11.5 Å². The first-order valence-corrected chi connectivity index (χ1v) is 8.82. The van der Waals surface area contributed by atoms with Gasteiger partial charge in [0.2, 0.25) is 0 Å². The molecule has 1 aromatic heterocycles. The van der Waals surface area contributed by atoms with Crippen LogP contribution in [0.25, 0.3) is 10.1 Å². The number of phenols is 2. The average molecular weight is 427 g/mol. The van der Waals surface area contributed by atoms with Gasteiger partial charge in [-0.15, -0.1) is 28.3 Å². The molecule has 1 aliphatic heterocycles. The van der Waals surface area contributed by atoms with Crippen molar-refractivity contribution in [2.75, 3.05) is 13.1 Å². The van der Waals surface area contributed by atoms with Crippen molar-refractivity contribution in [1.82, 2.24) is 5.32 Å². The van der Waals surface area contributed by atoms with Gasteiger partial charge in [0.05, 0.1) is 5.02 Å². The number of halogens is 2. The molecule has 2 heterocycles. The lowest BCUT2D eigenvalue weighted by molar-refractivity contribution is 0.402. The second kappa shape index (κ2) is 6.92. The normalized spacial score (nSPS) is 17.1. The topological polar surface area (TPSA) is 52.5 Å². The van der Waals surface area contributed by atoms with Crippen LogP contribution in [0.1, 0.15) is 22.6 Å². The fourth-order valence-electron chi connectivity index (χ4n) is 3.39. The Morgan fingerprint density at radius 1 is 1.17 bits per heavy atom. The van der Waals surface area contributed by atoms with Crippen molar-refractivity contribution in [2.24, 2.45) is 0 Å². The van der Waals surface area contributed by atoms with E-state index in [-0.39, 0.29) is 39.4 Å². The molecule has 1 aliphatic rings. The summed E-state index contributed by atoms with van der Waals surface area (Å²) < 4.78 is 1.26. The van der Waals surface area contributed by atoms with Crippen LogP contribution in [0.2, 0.25) is 5.02 Å². The monoisotopic (exact) mass is 425 g/mol. The molecular formula is C18H17BrClNO2S. The number of nitrogens with one attached hydrogen (secondary N) is 1. The van der Waals surface area contributed by atoms with E-state index in [2.05, 4.69) is 35.0 Å². The highest BCUT2D eigenvalue weighted by molar-refractivity contribution is 8.93. The number of hydrogen-bond donors (Lipinski definition) is 3.